The molecule has 4 heteroatoms. The monoisotopic (exact) mass is 199 g/mol. The molecule has 0 atom stereocenters. The Hall–Kier alpha value is -0.800. The summed E-state index contributed by atoms with van der Waals surface area (Å²) in [7, 11) is 0. The zero-order chi connectivity index (χ0) is 10.5. The predicted molar refractivity (Wildman–Crippen MR) is 58.1 cm³/mol. The van der Waals surface area contributed by atoms with Gasteiger partial charge in [-0.15, -0.1) is 4.91 Å². The highest BCUT2D eigenvalue weighted by Crippen LogP contribution is 2.08. The van der Waals surface area contributed by atoms with E-state index < -0.39 is 0 Å². The minimum absolute atomic E-state index is 0.640. The second-order valence-corrected chi connectivity index (χ2v) is 3.51. The van der Waals surface area contributed by atoms with E-state index in [2.05, 4.69) is 22.5 Å². The van der Waals surface area contributed by atoms with Crippen LogP contribution in [0.1, 0.15) is 58.3 Å². The molecule has 0 radical (unpaired) electrons. The van der Waals surface area contributed by atoms with Gasteiger partial charge in [-0.1, -0.05) is 51.9 Å². The molecule has 0 saturated heterocycles. The molecule has 0 unspecified atom stereocenters. The summed E-state index contributed by atoms with van der Waals surface area (Å²) in [4.78, 5) is 9.53. The third kappa shape index (κ3) is 11.2. The van der Waals surface area contributed by atoms with Crippen LogP contribution in [0.2, 0.25) is 0 Å². The minimum Gasteiger partial charge on any atom is -0.166 e. The molecule has 82 valence electrons. The van der Waals surface area contributed by atoms with Gasteiger partial charge in [0.15, 0.2) is 0 Å². The summed E-state index contributed by atoms with van der Waals surface area (Å²) in [5, 5.41) is 8.92. The summed E-state index contributed by atoms with van der Waals surface area (Å²) < 4.78 is 0. The molecule has 0 bridgehead atoms. The molecule has 0 spiro atoms. The van der Waals surface area contributed by atoms with Crippen LogP contribution in [0.15, 0.2) is 15.6 Å². The van der Waals surface area contributed by atoms with Crippen molar-refractivity contribution >= 4 is 0 Å². The zero-order valence-electron chi connectivity index (χ0n) is 9.11. The van der Waals surface area contributed by atoms with Crippen LogP contribution in [0, 0.1) is 4.91 Å². The molecule has 14 heavy (non-hydrogen) atoms. The van der Waals surface area contributed by atoms with E-state index in [1.54, 1.807) is 0 Å². The maximum Gasteiger partial charge on any atom is 0.100 e. The van der Waals surface area contributed by atoms with Gasteiger partial charge in [-0.25, -0.2) is 0 Å². The molecular weight excluding hydrogens is 178 g/mol. The van der Waals surface area contributed by atoms with E-state index in [1.807, 2.05) is 0 Å². The van der Waals surface area contributed by atoms with Crippen LogP contribution >= 0.6 is 0 Å². The van der Waals surface area contributed by atoms with E-state index in [9.17, 15) is 4.91 Å². The number of rotatable bonds is 10. The van der Waals surface area contributed by atoms with Crippen molar-refractivity contribution in [1.82, 2.24) is 0 Å². The molecule has 0 aromatic heterocycles. The van der Waals surface area contributed by atoms with Gasteiger partial charge in [0.25, 0.3) is 0 Å². The summed E-state index contributed by atoms with van der Waals surface area (Å²) >= 11 is 0. The first-order valence-electron chi connectivity index (χ1n) is 5.61. The first-order chi connectivity index (χ1) is 6.91. The van der Waals surface area contributed by atoms with Gasteiger partial charge in [-0.2, -0.15) is 5.11 Å². The Kier molecular flexibility index (Phi) is 11.5. The standard InChI is InChI=1S/C10H21N3O/c1-2-3-4-5-6-7-8-9-10-11-12-13-14/h2-10H2,1H3. The van der Waals surface area contributed by atoms with E-state index in [0.717, 1.165) is 6.42 Å². The quantitative estimate of drug-likeness (QED) is 0.224. The van der Waals surface area contributed by atoms with Crippen molar-refractivity contribution in [3.63, 3.8) is 0 Å². The van der Waals surface area contributed by atoms with E-state index in [1.165, 1.54) is 44.9 Å². The molecule has 0 aromatic rings. The smallest absolute Gasteiger partial charge is 0.100 e. The van der Waals surface area contributed by atoms with E-state index >= 15 is 0 Å². The van der Waals surface area contributed by atoms with Crippen LogP contribution in [0.5, 0.6) is 0 Å². The number of nitrogens with zero attached hydrogens (tertiary/aromatic N) is 3. The van der Waals surface area contributed by atoms with Crippen molar-refractivity contribution in [3.05, 3.63) is 4.91 Å². The first kappa shape index (κ1) is 13.2. The van der Waals surface area contributed by atoms with E-state index in [-0.39, 0.29) is 0 Å². The second kappa shape index (κ2) is 12.2. The van der Waals surface area contributed by atoms with Gasteiger partial charge >= 0.3 is 0 Å². The van der Waals surface area contributed by atoms with E-state index in [0.29, 0.717) is 6.54 Å². The van der Waals surface area contributed by atoms with Crippen LogP contribution in [0.4, 0.5) is 0 Å². The average molecular weight is 199 g/mol. The zero-order valence-corrected chi connectivity index (χ0v) is 9.11. The molecule has 0 N–H and O–H groups in total. The van der Waals surface area contributed by atoms with Crippen LogP contribution in [0.3, 0.4) is 0 Å². The fourth-order valence-electron chi connectivity index (χ4n) is 1.39. The highest BCUT2D eigenvalue weighted by molar-refractivity contribution is 4.47. The molecule has 4 nitrogen and oxygen atoms in total. The lowest BCUT2D eigenvalue weighted by atomic mass is 10.1. The fraction of sp³-hybridized carbons (Fsp3) is 1.00. The number of hydrogen-bond donors (Lipinski definition) is 0. The van der Waals surface area contributed by atoms with Crippen molar-refractivity contribution in [3.8, 4) is 0 Å². The van der Waals surface area contributed by atoms with Gasteiger partial charge in [-0.05, 0) is 11.6 Å². The Labute approximate surface area is 86.1 Å². The maximum atomic E-state index is 9.53. The van der Waals surface area contributed by atoms with Gasteiger partial charge in [0.2, 0.25) is 0 Å². The van der Waals surface area contributed by atoms with Gasteiger partial charge in [-0.3, -0.25) is 0 Å². The third-order valence-corrected chi connectivity index (χ3v) is 2.21. The lowest BCUT2D eigenvalue weighted by molar-refractivity contribution is 0.575. The van der Waals surface area contributed by atoms with Crippen LogP contribution in [-0.4, -0.2) is 6.54 Å². The largest absolute Gasteiger partial charge is 0.166 e. The molecule has 0 aliphatic carbocycles. The summed E-state index contributed by atoms with van der Waals surface area (Å²) in [5.74, 6) is 0. The van der Waals surface area contributed by atoms with Crippen molar-refractivity contribution < 1.29 is 0 Å². The lowest BCUT2D eigenvalue weighted by Crippen LogP contribution is -1.82. The van der Waals surface area contributed by atoms with Crippen molar-refractivity contribution in [2.24, 2.45) is 15.6 Å². The molecule has 0 saturated carbocycles. The van der Waals surface area contributed by atoms with Gasteiger partial charge in [0.05, 0.1) is 6.54 Å². The SMILES string of the molecule is CCCCCCCCCCN=NN=O. The molecule has 0 rings (SSSR count). The Morgan fingerprint density at radius 3 is 2.00 bits per heavy atom. The molecule has 0 aromatic carbocycles. The van der Waals surface area contributed by atoms with Gasteiger partial charge in [0, 0.05) is 0 Å². The average Bonchev–Trinajstić information content (AvgIpc) is 2.21. The second-order valence-electron chi connectivity index (χ2n) is 3.51. The summed E-state index contributed by atoms with van der Waals surface area (Å²) in [6, 6.07) is 0. The van der Waals surface area contributed by atoms with Crippen molar-refractivity contribution in [1.29, 1.82) is 0 Å². The van der Waals surface area contributed by atoms with Gasteiger partial charge in [0.1, 0.15) is 5.29 Å². The molecule has 0 amide bonds. The number of unbranched alkanes of at least 4 members (excludes halogenated alkanes) is 7. The number of nitroso groups, excluding NO2 is 1. The van der Waals surface area contributed by atoms with Crippen LogP contribution in [0.25, 0.3) is 0 Å². The fourth-order valence-corrected chi connectivity index (χ4v) is 1.39. The lowest BCUT2D eigenvalue weighted by Gasteiger charge is -1.98. The Morgan fingerprint density at radius 2 is 1.43 bits per heavy atom. The number of hydrogen-bond acceptors (Lipinski definition) is 2. The summed E-state index contributed by atoms with van der Waals surface area (Å²) in [6.45, 7) is 2.87. The van der Waals surface area contributed by atoms with Crippen LogP contribution in [-0.2, 0) is 0 Å². The van der Waals surface area contributed by atoms with Crippen molar-refractivity contribution in [2.75, 3.05) is 6.54 Å². The normalized spacial score (nSPS) is 10.9. The maximum absolute atomic E-state index is 9.53. The van der Waals surface area contributed by atoms with Crippen molar-refractivity contribution in [2.45, 2.75) is 58.3 Å². The molecule has 0 aliphatic rings. The highest BCUT2D eigenvalue weighted by Gasteiger charge is 1.90. The first-order valence-corrected chi connectivity index (χ1v) is 5.61. The molecule has 0 fully saturated rings. The summed E-state index contributed by atoms with van der Waals surface area (Å²) in [6.07, 6.45) is 10.2. The molecule has 0 heterocycles. The Balaban J connectivity index is 2.91. The molecule has 0 aliphatic heterocycles. The summed E-state index contributed by atoms with van der Waals surface area (Å²) in [5.41, 5.74) is 0. The predicted octanol–water partition coefficient (Wildman–Crippen LogP) is 4.26. The van der Waals surface area contributed by atoms with E-state index in [4.69, 9.17) is 0 Å². The molecular formula is C10H21N3O. The highest BCUT2D eigenvalue weighted by atomic mass is 16.3. The topological polar surface area (TPSA) is 54.1 Å². The minimum atomic E-state index is 0.640. The van der Waals surface area contributed by atoms with Gasteiger partial charge < -0.3 is 0 Å². The Morgan fingerprint density at radius 1 is 0.857 bits per heavy atom. The van der Waals surface area contributed by atoms with Crippen LogP contribution < -0.4 is 0 Å². The Bertz CT molecular complexity index is 148. The third-order valence-electron chi connectivity index (χ3n) is 2.21.